The molecule has 172 valence electrons. The number of ether oxygens (including phenoxy) is 1. The summed E-state index contributed by atoms with van der Waals surface area (Å²) in [6, 6.07) is 18.7. The van der Waals surface area contributed by atoms with Gasteiger partial charge < -0.3 is 19.6 Å². The lowest BCUT2D eigenvalue weighted by molar-refractivity contribution is -0.122. The maximum Gasteiger partial charge on any atom is 0.290 e. The van der Waals surface area contributed by atoms with Gasteiger partial charge in [0.15, 0.2) is 0 Å². The van der Waals surface area contributed by atoms with Crippen LogP contribution in [0.5, 0.6) is 0 Å². The highest BCUT2D eigenvalue weighted by atomic mass is 16.5. The molecule has 2 aliphatic heterocycles. The highest BCUT2D eigenvalue weighted by Crippen LogP contribution is 2.21. The summed E-state index contributed by atoms with van der Waals surface area (Å²) in [4.78, 5) is 25.3. The summed E-state index contributed by atoms with van der Waals surface area (Å²) in [6.07, 6.45) is 4.62. The molecule has 1 unspecified atom stereocenters. The number of rotatable bonds is 8. The minimum atomic E-state index is -0.250. The summed E-state index contributed by atoms with van der Waals surface area (Å²) in [7, 11) is 0. The summed E-state index contributed by atoms with van der Waals surface area (Å²) >= 11 is 0. The zero-order chi connectivity index (χ0) is 22.6. The van der Waals surface area contributed by atoms with E-state index >= 15 is 0 Å². The van der Waals surface area contributed by atoms with Crippen LogP contribution in [0.1, 0.15) is 40.7 Å². The van der Waals surface area contributed by atoms with Crippen molar-refractivity contribution in [3.8, 4) is 0 Å². The molecule has 2 aromatic rings. The van der Waals surface area contributed by atoms with Crippen LogP contribution in [-0.2, 0) is 22.6 Å². The van der Waals surface area contributed by atoms with Gasteiger partial charge in [-0.15, -0.1) is 0 Å². The van der Waals surface area contributed by atoms with Crippen molar-refractivity contribution in [2.75, 3.05) is 39.3 Å². The second-order valence-electron chi connectivity index (χ2n) is 8.50. The van der Waals surface area contributed by atoms with E-state index in [1.54, 1.807) is 0 Å². The van der Waals surface area contributed by atoms with Gasteiger partial charge in [-0.2, -0.15) is 0 Å². The Morgan fingerprint density at radius 3 is 2.38 bits per heavy atom. The molecule has 1 amide bonds. The van der Waals surface area contributed by atoms with Crippen LogP contribution in [-0.4, -0.2) is 66.6 Å². The van der Waals surface area contributed by atoms with E-state index in [4.69, 9.17) is 14.6 Å². The molecule has 2 fully saturated rings. The van der Waals surface area contributed by atoms with Crippen molar-refractivity contribution in [2.24, 2.45) is 5.92 Å². The predicted molar refractivity (Wildman–Crippen MR) is 125 cm³/mol. The normalized spacial score (nSPS) is 18.2. The Balaban J connectivity index is 0.000000913. The average molecular weight is 439 g/mol. The van der Waals surface area contributed by atoms with Gasteiger partial charge in [0.05, 0.1) is 13.2 Å². The van der Waals surface area contributed by atoms with Crippen LogP contribution in [0.4, 0.5) is 0 Å². The Labute approximate surface area is 190 Å². The number of hydrogen-bond donors (Lipinski definition) is 1. The molecule has 32 heavy (non-hydrogen) atoms. The molecule has 1 atom stereocenters. The van der Waals surface area contributed by atoms with Crippen LogP contribution in [0.3, 0.4) is 0 Å². The zero-order valence-corrected chi connectivity index (χ0v) is 18.7. The van der Waals surface area contributed by atoms with Crippen molar-refractivity contribution in [3.63, 3.8) is 0 Å². The first kappa shape index (κ1) is 24.0. The number of nitrogens with zero attached hydrogens (tertiary/aromatic N) is 2. The van der Waals surface area contributed by atoms with Crippen LogP contribution >= 0.6 is 0 Å². The molecule has 0 radical (unpaired) electrons. The second-order valence-corrected chi connectivity index (χ2v) is 8.50. The predicted octanol–water partition coefficient (Wildman–Crippen LogP) is 3.70. The average Bonchev–Trinajstić information content (AvgIpc) is 3.51. The Morgan fingerprint density at radius 2 is 1.69 bits per heavy atom. The zero-order valence-electron chi connectivity index (χ0n) is 18.7. The lowest BCUT2D eigenvalue weighted by Crippen LogP contribution is -2.27. The van der Waals surface area contributed by atoms with Crippen LogP contribution in [0.15, 0.2) is 54.6 Å². The van der Waals surface area contributed by atoms with E-state index < -0.39 is 0 Å². The lowest BCUT2D eigenvalue weighted by atomic mass is 9.98. The summed E-state index contributed by atoms with van der Waals surface area (Å²) < 4.78 is 5.84. The highest BCUT2D eigenvalue weighted by molar-refractivity contribution is 5.94. The van der Waals surface area contributed by atoms with E-state index in [1.165, 1.54) is 17.5 Å². The van der Waals surface area contributed by atoms with Gasteiger partial charge >= 0.3 is 0 Å². The maximum absolute atomic E-state index is 12.5. The number of carbonyl (C=O) groups excluding carboxylic acids is 1. The first-order valence-electron chi connectivity index (χ1n) is 11.5. The van der Waals surface area contributed by atoms with Crippen LogP contribution in [0.2, 0.25) is 0 Å². The second kappa shape index (κ2) is 13.0. The number of carbonyl (C=O) groups is 2. The molecule has 0 aliphatic carbocycles. The van der Waals surface area contributed by atoms with Gasteiger partial charge in [-0.1, -0.05) is 42.5 Å². The minimum Gasteiger partial charge on any atom is -0.483 e. The van der Waals surface area contributed by atoms with Crippen molar-refractivity contribution in [1.82, 2.24) is 9.80 Å². The van der Waals surface area contributed by atoms with Crippen molar-refractivity contribution < 1.29 is 19.4 Å². The van der Waals surface area contributed by atoms with Gasteiger partial charge in [-0.05, 0) is 61.4 Å². The van der Waals surface area contributed by atoms with Gasteiger partial charge in [0.1, 0.15) is 0 Å². The van der Waals surface area contributed by atoms with E-state index in [2.05, 4.69) is 41.3 Å². The van der Waals surface area contributed by atoms with Crippen molar-refractivity contribution >= 4 is 12.4 Å². The van der Waals surface area contributed by atoms with Gasteiger partial charge in [-0.25, -0.2) is 0 Å². The monoisotopic (exact) mass is 438 g/mol. The van der Waals surface area contributed by atoms with Gasteiger partial charge in [0.25, 0.3) is 12.4 Å². The maximum atomic E-state index is 12.5. The smallest absolute Gasteiger partial charge is 0.290 e. The molecule has 6 nitrogen and oxygen atoms in total. The number of hydrogen-bond acceptors (Lipinski definition) is 4. The molecule has 2 aromatic carbocycles. The summed E-state index contributed by atoms with van der Waals surface area (Å²) in [5.41, 5.74) is 3.41. The van der Waals surface area contributed by atoms with Gasteiger partial charge in [-0.3, -0.25) is 9.59 Å². The number of likely N-dealkylation sites (tertiary alicyclic amines) is 2. The standard InChI is InChI=1S/C25H32N2O2.CH2O2/c28-25(27-13-4-5-14-27)24-10-8-21(9-11-24)18-23-12-15-26(19-23)16-17-29-20-22-6-2-1-3-7-22;2-1-3/h1-3,6-11,23H,4-5,12-20H2;1H,(H,2,3). The summed E-state index contributed by atoms with van der Waals surface area (Å²) in [6.45, 7) is 6.36. The van der Waals surface area contributed by atoms with Crippen LogP contribution in [0.25, 0.3) is 0 Å². The fraction of sp³-hybridized carbons (Fsp3) is 0.462. The lowest BCUT2D eigenvalue weighted by Gasteiger charge is -2.17. The van der Waals surface area contributed by atoms with Crippen molar-refractivity contribution in [3.05, 3.63) is 71.3 Å². The number of carboxylic acid groups (broad SMARTS) is 1. The topological polar surface area (TPSA) is 70.1 Å². The molecule has 6 heteroatoms. The molecule has 2 saturated heterocycles. The van der Waals surface area contributed by atoms with E-state index in [0.29, 0.717) is 12.5 Å². The molecule has 0 aromatic heterocycles. The molecular weight excluding hydrogens is 404 g/mol. The van der Waals surface area contributed by atoms with Crippen LogP contribution < -0.4 is 0 Å². The Kier molecular flexibility index (Phi) is 9.72. The molecule has 1 N–H and O–H groups in total. The molecule has 2 heterocycles. The van der Waals surface area contributed by atoms with E-state index in [0.717, 1.165) is 64.2 Å². The number of amides is 1. The molecule has 4 rings (SSSR count). The quantitative estimate of drug-likeness (QED) is 0.503. The highest BCUT2D eigenvalue weighted by Gasteiger charge is 2.23. The van der Waals surface area contributed by atoms with E-state index in [9.17, 15) is 4.79 Å². The molecule has 0 spiro atoms. The minimum absolute atomic E-state index is 0.191. The first-order valence-corrected chi connectivity index (χ1v) is 11.5. The Hall–Kier alpha value is -2.70. The largest absolute Gasteiger partial charge is 0.483 e. The van der Waals surface area contributed by atoms with Crippen molar-refractivity contribution in [1.29, 1.82) is 0 Å². The summed E-state index contributed by atoms with van der Waals surface area (Å²) in [5.74, 6) is 0.890. The third kappa shape index (κ3) is 7.46. The first-order chi connectivity index (χ1) is 15.7. The SMILES string of the molecule is O=C(c1ccc(CC2CCN(CCOCc3ccccc3)C2)cc1)N1CCCC1.O=CO. The van der Waals surface area contributed by atoms with Gasteiger partial charge in [0, 0.05) is 31.7 Å². The molecular formula is C26H34N2O4. The summed E-state index contributed by atoms with van der Waals surface area (Å²) in [5, 5.41) is 6.89. The van der Waals surface area contributed by atoms with Crippen LogP contribution in [0, 0.1) is 5.92 Å². The van der Waals surface area contributed by atoms with E-state index in [1.807, 2.05) is 23.1 Å². The van der Waals surface area contributed by atoms with Crippen molar-refractivity contribution in [2.45, 2.75) is 32.3 Å². The molecule has 0 bridgehead atoms. The molecule has 2 aliphatic rings. The Bertz CT molecular complexity index is 819. The fourth-order valence-corrected chi connectivity index (χ4v) is 4.46. The molecule has 0 saturated carbocycles. The number of benzene rings is 2. The fourth-order valence-electron chi connectivity index (χ4n) is 4.46. The third-order valence-electron chi connectivity index (χ3n) is 6.15. The van der Waals surface area contributed by atoms with Gasteiger partial charge in [0.2, 0.25) is 0 Å². The Morgan fingerprint density at radius 1 is 1.00 bits per heavy atom. The van der Waals surface area contributed by atoms with E-state index in [-0.39, 0.29) is 12.4 Å². The third-order valence-corrected chi connectivity index (χ3v) is 6.15.